The second kappa shape index (κ2) is 11.5. The molecule has 0 spiro atoms. The first-order chi connectivity index (χ1) is 17.9. The molecule has 0 aliphatic heterocycles. The molecule has 4 rings (SSSR count). The van der Waals surface area contributed by atoms with E-state index in [9.17, 15) is 14.4 Å². The normalized spacial score (nSPS) is 11.7. The molecule has 0 bridgehead atoms. The van der Waals surface area contributed by atoms with Gasteiger partial charge in [-0.3, -0.25) is 19.1 Å². The largest absolute Gasteiger partial charge is 0.383 e. The van der Waals surface area contributed by atoms with Crippen LogP contribution < -0.4 is 27.2 Å². The van der Waals surface area contributed by atoms with E-state index < -0.39 is 11.2 Å². The average molecular weight is 498 g/mol. The van der Waals surface area contributed by atoms with Crippen LogP contribution in [-0.4, -0.2) is 28.5 Å². The Bertz CT molecular complexity index is 1460. The number of nitrogen functional groups attached to an aromatic ring is 1. The number of aromatic amines is 1. The van der Waals surface area contributed by atoms with Gasteiger partial charge in [0.2, 0.25) is 5.91 Å². The van der Waals surface area contributed by atoms with Crippen LogP contribution in [0.4, 0.5) is 11.5 Å². The first kappa shape index (κ1) is 25.7. The van der Waals surface area contributed by atoms with E-state index in [-0.39, 0.29) is 43.1 Å². The van der Waals surface area contributed by atoms with E-state index in [0.717, 1.165) is 22.3 Å². The summed E-state index contributed by atoms with van der Waals surface area (Å²) in [7, 11) is 0. The molecule has 0 aliphatic carbocycles. The minimum atomic E-state index is -0.688. The molecule has 0 radical (unpaired) electrons. The molecule has 4 N–H and O–H groups in total. The molecule has 8 heteroatoms. The molecule has 8 nitrogen and oxygen atoms in total. The highest BCUT2D eigenvalue weighted by Gasteiger charge is 2.23. The van der Waals surface area contributed by atoms with Gasteiger partial charge in [-0.2, -0.15) is 0 Å². The Hall–Kier alpha value is -4.43. The van der Waals surface area contributed by atoms with Crippen molar-refractivity contribution in [3.05, 3.63) is 117 Å². The maximum absolute atomic E-state index is 13.2. The van der Waals surface area contributed by atoms with Crippen molar-refractivity contribution in [2.75, 3.05) is 23.7 Å². The smallest absolute Gasteiger partial charge is 0.330 e. The van der Waals surface area contributed by atoms with Crippen molar-refractivity contribution >= 4 is 17.4 Å². The van der Waals surface area contributed by atoms with Gasteiger partial charge in [-0.25, -0.2) is 4.79 Å². The van der Waals surface area contributed by atoms with Crippen molar-refractivity contribution in [2.24, 2.45) is 0 Å². The highest BCUT2D eigenvalue weighted by molar-refractivity contribution is 5.96. The van der Waals surface area contributed by atoms with Crippen LogP contribution in [0.25, 0.3) is 11.1 Å². The zero-order chi connectivity index (χ0) is 26.4. The third-order valence-electron chi connectivity index (χ3n) is 6.36. The van der Waals surface area contributed by atoms with Crippen LogP contribution in [0.1, 0.15) is 31.0 Å². The summed E-state index contributed by atoms with van der Waals surface area (Å²) in [4.78, 5) is 42.0. The Morgan fingerprint density at radius 2 is 1.54 bits per heavy atom. The molecule has 37 heavy (non-hydrogen) atoms. The molecular formula is C29H31N5O3. The van der Waals surface area contributed by atoms with Crippen LogP contribution in [0.5, 0.6) is 0 Å². The summed E-state index contributed by atoms with van der Waals surface area (Å²) in [6.07, 6.45) is 0. The number of carbonyl (C=O) groups excluding carboxylic acids is 1. The molecule has 0 aliphatic rings. The molecule has 0 saturated carbocycles. The fourth-order valence-electron chi connectivity index (χ4n) is 4.27. The van der Waals surface area contributed by atoms with Gasteiger partial charge in [0.25, 0.3) is 5.56 Å². The van der Waals surface area contributed by atoms with Gasteiger partial charge in [0, 0.05) is 12.6 Å². The van der Waals surface area contributed by atoms with Crippen molar-refractivity contribution in [3.63, 3.8) is 0 Å². The number of aromatic nitrogens is 2. The minimum Gasteiger partial charge on any atom is -0.383 e. The number of benzene rings is 3. The lowest BCUT2D eigenvalue weighted by atomic mass is 10.0. The van der Waals surface area contributed by atoms with E-state index in [0.29, 0.717) is 0 Å². The van der Waals surface area contributed by atoms with Gasteiger partial charge >= 0.3 is 5.69 Å². The third kappa shape index (κ3) is 5.87. The topological polar surface area (TPSA) is 113 Å². The molecule has 1 atom stereocenters. The fraction of sp³-hybridized carbons (Fsp3) is 0.207. The number of carbonyl (C=O) groups is 1. The van der Waals surface area contributed by atoms with Gasteiger partial charge in [-0.15, -0.1) is 0 Å². The first-order valence-electron chi connectivity index (χ1n) is 12.2. The van der Waals surface area contributed by atoms with E-state index in [2.05, 4.69) is 34.6 Å². The molecule has 1 heterocycles. The van der Waals surface area contributed by atoms with E-state index in [1.54, 1.807) is 6.92 Å². The van der Waals surface area contributed by atoms with Gasteiger partial charge in [0.1, 0.15) is 5.82 Å². The predicted molar refractivity (Wildman–Crippen MR) is 148 cm³/mol. The molecule has 4 aromatic rings. The summed E-state index contributed by atoms with van der Waals surface area (Å²) in [6.45, 7) is 4.12. The lowest BCUT2D eigenvalue weighted by molar-refractivity contribution is -0.117. The number of H-pyrrole nitrogens is 1. The molecule has 190 valence electrons. The quantitative estimate of drug-likeness (QED) is 0.327. The van der Waals surface area contributed by atoms with E-state index in [4.69, 9.17) is 5.73 Å². The number of amides is 1. The maximum Gasteiger partial charge on any atom is 0.330 e. The Morgan fingerprint density at radius 3 is 2.16 bits per heavy atom. The second-order valence-corrected chi connectivity index (χ2v) is 8.79. The summed E-state index contributed by atoms with van der Waals surface area (Å²) < 4.78 is 1.27. The van der Waals surface area contributed by atoms with Crippen molar-refractivity contribution in [2.45, 2.75) is 26.4 Å². The van der Waals surface area contributed by atoms with Gasteiger partial charge < -0.3 is 16.0 Å². The van der Waals surface area contributed by atoms with E-state index >= 15 is 0 Å². The van der Waals surface area contributed by atoms with Crippen LogP contribution in [0, 0.1) is 0 Å². The van der Waals surface area contributed by atoms with Crippen LogP contribution in [-0.2, 0) is 11.3 Å². The maximum atomic E-state index is 13.2. The zero-order valence-electron chi connectivity index (χ0n) is 21.0. The molecule has 1 aromatic heterocycles. The Labute approximate surface area is 215 Å². The minimum absolute atomic E-state index is 0.00780. The predicted octanol–water partition coefficient (Wildman–Crippen LogP) is 3.54. The van der Waals surface area contributed by atoms with Crippen molar-refractivity contribution in [3.8, 4) is 11.1 Å². The van der Waals surface area contributed by atoms with Crippen LogP contribution in [0.15, 0.2) is 94.5 Å². The van der Waals surface area contributed by atoms with Crippen LogP contribution >= 0.6 is 0 Å². The van der Waals surface area contributed by atoms with Crippen molar-refractivity contribution in [1.29, 1.82) is 0 Å². The first-order valence-corrected chi connectivity index (χ1v) is 12.2. The van der Waals surface area contributed by atoms with Crippen molar-refractivity contribution < 1.29 is 4.79 Å². The standard InChI is InChI=1S/C29H31N5O3/c1-3-33(26-27(30)34(29(37)32-28(26)36)19-21-10-6-4-7-11-21)25(35)18-31-20(2)22-14-16-24(17-15-22)23-12-8-5-9-13-23/h4-17,20,31H,3,18-19,30H2,1-2H3,(H,32,36,37)/t20-/m0/s1. The fourth-order valence-corrected chi connectivity index (χ4v) is 4.27. The lowest BCUT2D eigenvalue weighted by Gasteiger charge is -2.24. The average Bonchev–Trinajstić information content (AvgIpc) is 2.93. The van der Waals surface area contributed by atoms with Gasteiger partial charge in [0.15, 0.2) is 5.69 Å². The Balaban J connectivity index is 1.49. The molecule has 0 fully saturated rings. The molecule has 0 unspecified atom stereocenters. The number of anilines is 2. The van der Waals surface area contributed by atoms with E-state index in [1.165, 1.54) is 9.47 Å². The number of hydrogen-bond acceptors (Lipinski definition) is 5. The summed E-state index contributed by atoms with van der Waals surface area (Å²) in [5, 5.41) is 3.23. The van der Waals surface area contributed by atoms with Crippen molar-refractivity contribution in [1.82, 2.24) is 14.9 Å². The molecule has 1 amide bonds. The summed E-state index contributed by atoms with van der Waals surface area (Å²) in [6, 6.07) is 27.5. The third-order valence-corrected chi connectivity index (χ3v) is 6.36. The highest BCUT2D eigenvalue weighted by Crippen LogP contribution is 2.22. The summed E-state index contributed by atoms with van der Waals surface area (Å²) in [5.74, 6) is -0.366. The van der Waals surface area contributed by atoms with E-state index in [1.807, 2.05) is 67.6 Å². The number of nitrogens with two attached hydrogens (primary N) is 1. The Kier molecular flexibility index (Phi) is 8.00. The Morgan fingerprint density at radius 1 is 0.946 bits per heavy atom. The monoisotopic (exact) mass is 497 g/mol. The number of hydrogen-bond donors (Lipinski definition) is 3. The number of likely N-dealkylation sites (N-methyl/N-ethyl adjacent to an activating group) is 1. The van der Waals surface area contributed by atoms with Gasteiger partial charge in [-0.05, 0) is 36.1 Å². The molecule has 3 aromatic carbocycles. The lowest BCUT2D eigenvalue weighted by Crippen LogP contribution is -2.44. The number of nitrogens with zero attached hydrogens (tertiary/aromatic N) is 2. The summed E-state index contributed by atoms with van der Waals surface area (Å²) >= 11 is 0. The van der Waals surface area contributed by atoms with Gasteiger partial charge in [-0.1, -0.05) is 84.9 Å². The van der Waals surface area contributed by atoms with Crippen LogP contribution in [0.3, 0.4) is 0 Å². The molecule has 0 saturated heterocycles. The number of rotatable bonds is 9. The number of nitrogens with one attached hydrogen (secondary N) is 2. The van der Waals surface area contributed by atoms with Crippen LogP contribution in [0.2, 0.25) is 0 Å². The SMILES string of the molecule is CCN(C(=O)CN[C@@H](C)c1ccc(-c2ccccc2)cc1)c1c(N)n(Cc2ccccc2)c(=O)[nH]c1=O. The molecular weight excluding hydrogens is 466 g/mol. The highest BCUT2D eigenvalue weighted by atomic mass is 16.2. The zero-order valence-corrected chi connectivity index (χ0v) is 21.0. The van der Waals surface area contributed by atoms with Gasteiger partial charge in [0.05, 0.1) is 13.1 Å². The second-order valence-electron chi connectivity index (χ2n) is 8.79. The summed E-state index contributed by atoms with van der Waals surface area (Å²) in [5.41, 5.74) is 9.08.